The minimum atomic E-state index is -1.12. The zero-order valence-corrected chi connectivity index (χ0v) is 11.4. The van der Waals surface area contributed by atoms with Gasteiger partial charge in [0.25, 0.3) is 0 Å². The van der Waals surface area contributed by atoms with E-state index in [1.807, 2.05) is 0 Å². The fourth-order valence-electron chi connectivity index (χ4n) is 1.92. The zero-order valence-electron chi connectivity index (χ0n) is 10.5. The third kappa shape index (κ3) is 3.44. The summed E-state index contributed by atoms with van der Waals surface area (Å²) in [5.74, 6) is -1.56. The highest BCUT2D eigenvalue weighted by molar-refractivity contribution is 7.07. The van der Waals surface area contributed by atoms with E-state index in [-0.39, 0.29) is 13.1 Å². The summed E-state index contributed by atoms with van der Waals surface area (Å²) < 4.78 is 0. The summed E-state index contributed by atoms with van der Waals surface area (Å²) in [7, 11) is 0. The van der Waals surface area contributed by atoms with Crippen LogP contribution in [0.5, 0.6) is 0 Å². The number of nitrogens with zero attached hydrogens (tertiary/aromatic N) is 2. The average molecular weight is 298 g/mol. The smallest absolute Gasteiger partial charge is 0.318 e. The van der Waals surface area contributed by atoms with E-state index in [1.165, 1.54) is 16.2 Å². The molecule has 8 nitrogen and oxygen atoms in total. The third-order valence-electron chi connectivity index (χ3n) is 2.86. The molecule has 1 aromatic heterocycles. The van der Waals surface area contributed by atoms with Gasteiger partial charge in [-0.3, -0.25) is 9.59 Å². The Bertz CT molecular complexity index is 505. The summed E-state index contributed by atoms with van der Waals surface area (Å²) in [5.41, 5.74) is 2.38. The first-order valence-corrected chi connectivity index (χ1v) is 6.93. The highest BCUT2D eigenvalue weighted by atomic mass is 32.1. The predicted octanol–water partition coefficient (Wildman–Crippen LogP) is -0.372. The zero-order chi connectivity index (χ0) is 14.5. The molecule has 1 saturated heterocycles. The first kappa shape index (κ1) is 14.3. The minimum Gasteiger partial charge on any atom is -0.481 e. The van der Waals surface area contributed by atoms with Crippen LogP contribution in [-0.2, 0) is 16.1 Å². The number of hydrogen-bond acceptors (Lipinski definition) is 5. The Morgan fingerprint density at radius 2 is 2.40 bits per heavy atom. The maximum Gasteiger partial charge on any atom is 0.318 e. The molecule has 1 fully saturated rings. The monoisotopic (exact) mass is 298 g/mol. The highest BCUT2D eigenvalue weighted by Crippen LogP contribution is 2.10. The second-order valence-corrected chi connectivity index (χ2v) is 4.96. The van der Waals surface area contributed by atoms with Gasteiger partial charge in [-0.25, -0.2) is 9.78 Å². The van der Waals surface area contributed by atoms with Crippen LogP contribution in [0.3, 0.4) is 0 Å². The molecule has 2 rings (SSSR count). The van der Waals surface area contributed by atoms with Crippen molar-refractivity contribution in [3.8, 4) is 0 Å². The number of carboxylic acid groups (broad SMARTS) is 1. The van der Waals surface area contributed by atoms with Gasteiger partial charge in [0.05, 0.1) is 24.2 Å². The van der Waals surface area contributed by atoms with E-state index in [0.29, 0.717) is 6.54 Å². The molecule has 0 aromatic carbocycles. The van der Waals surface area contributed by atoms with Gasteiger partial charge in [-0.15, -0.1) is 11.3 Å². The van der Waals surface area contributed by atoms with Gasteiger partial charge in [0.2, 0.25) is 5.91 Å². The Hall–Kier alpha value is -2.16. The minimum absolute atomic E-state index is 0.250. The number of carbonyl (C=O) groups is 3. The first-order valence-electron chi connectivity index (χ1n) is 5.99. The normalized spacial score (nSPS) is 18.5. The van der Waals surface area contributed by atoms with E-state index < -0.39 is 30.4 Å². The van der Waals surface area contributed by atoms with Crippen molar-refractivity contribution in [3.05, 3.63) is 16.6 Å². The summed E-state index contributed by atoms with van der Waals surface area (Å²) in [6.45, 7) is 0.853. The Labute approximate surface area is 118 Å². The molecule has 0 spiro atoms. The van der Waals surface area contributed by atoms with Crippen molar-refractivity contribution in [2.75, 3.05) is 13.1 Å². The summed E-state index contributed by atoms with van der Waals surface area (Å²) in [6, 6.07) is -1.43. The van der Waals surface area contributed by atoms with Gasteiger partial charge >= 0.3 is 12.0 Å². The highest BCUT2D eigenvalue weighted by Gasteiger charge is 2.34. The molecule has 1 aliphatic heterocycles. The van der Waals surface area contributed by atoms with Crippen molar-refractivity contribution in [1.82, 2.24) is 20.5 Å². The predicted molar refractivity (Wildman–Crippen MR) is 70.1 cm³/mol. The van der Waals surface area contributed by atoms with Gasteiger partial charge in [-0.05, 0) is 0 Å². The number of urea groups is 1. The van der Waals surface area contributed by atoms with Gasteiger partial charge in [0.15, 0.2) is 0 Å². The Balaban J connectivity index is 1.97. The molecule has 20 heavy (non-hydrogen) atoms. The van der Waals surface area contributed by atoms with Gasteiger partial charge < -0.3 is 20.6 Å². The lowest BCUT2D eigenvalue weighted by Gasteiger charge is -2.34. The van der Waals surface area contributed by atoms with Crippen molar-refractivity contribution in [2.45, 2.75) is 19.0 Å². The number of aliphatic carboxylic acids is 1. The van der Waals surface area contributed by atoms with Crippen molar-refractivity contribution < 1.29 is 19.5 Å². The lowest BCUT2D eigenvalue weighted by atomic mass is 10.1. The lowest BCUT2D eigenvalue weighted by Crippen LogP contribution is -2.59. The molecule has 9 heteroatoms. The van der Waals surface area contributed by atoms with E-state index in [4.69, 9.17) is 5.11 Å². The number of carbonyl (C=O) groups excluding carboxylic acids is 2. The topological polar surface area (TPSA) is 112 Å². The number of amides is 3. The lowest BCUT2D eigenvalue weighted by molar-refractivity contribution is -0.142. The van der Waals surface area contributed by atoms with Crippen LogP contribution in [0.25, 0.3) is 0 Å². The van der Waals surface area contributed by atoms with Crippen LogP contribution in [0.2, 0.25) is 0 Å². The number of thiazole rings is 1. The molecule has 1 atom stereocenters. The van der Waals surface area contributed by atoms with E-state index in [0.717, 1.165) is 5.69 Å². The molecule has 108 valence electrons. The molecule has 3 amide bonds. The van der Waals surface area contributed by atoms with Gasteiger partial charge in [0.1, 0.15) is 6.04 Å². The summed E-state index contributed by atoms with van der Waals surface area (Å²) in [6.07, 6.45) is -0.407. The van der Waals surface area contributed by atoms with Crippen LogP contribution in [0.15, 0.2) is 10.9 Å². The standard InChI is InChI=1S/C11H14N4O4S/c16-9(17)3-8-10(18)12-1-2-15(8)11(19)13-4-7-5-20-6-14-7/h5-6,8H,1-4H2,(H,12,18)(H,13,19)(H,16,17). The number of carboxylic acids is 1. The van der Waals surface area contributed by atoms with E-state index in [1.54, 1.807) is 10.9 Å². The fraction of sp³-hybridized carbons (Fsp3) is 0.455. The fourth-order valence-corrected chi connectivity index (χ4v) is 2.48. The third-order valence-corrected chi connectivity index (χ3v) is 3.50. The molecule has 0 radical (unpaired) electrons. The maximum absolute atomic E-state index is 12.0. The quantitative estimate of drug-likeness (QED) is 0.702. The molecule has 0 saturated carbocycles. The molecule has 2 heterocycles. The van der Waals surface area contributed by atoms with E-state index >= 15 is 0 Å². The number of nitrogens with one attached hydrogen (secondary N) is 2. The van der Waals surface area contributed by atoms with Crippen molar-refractivity contribution in [2.24, 2.45) is 0 Å². The van der Waals surface area contributed by atoms with Gasteiger partial charge in [-0.2, -0.15) is 0 Å². The Morgan fingerprint density at radius 3 is 3.05 bits per heavy atom. The van der Waals surface area contributed by atoms with Crippen LogP contribution in [0.4, 0.5) is 4.79 Å². The Kier molecular flexibility index (Phi) is 4.51. The van der Waals surface area contributed by atoms with Crippen LogP contribution >= 0.6 is 11.3 Å². The molecule has 1 aliphatic rings. The summed E-state index contributed by atoms with van der Waals surface area (Å²) >= 11 is 1.42. The first-order chi connectivity index (χ1) is 9.58. The van der Waals surface area contributed by atoms with Gasteiger partial charge in [0, 0.05) is 18.5 Å². The number of aromatic nitrogens is 1. The van der Waals surface area contributed by atoms with Crippen LogP contribution in [0, 0.1) is 0 Å². The second kappa shape index (κ2) is 6.33. The number of rotatable bonds is 4. The molecule has 1 aromatic rings. The summed E-state index contributed by atoms with van der Waals surface area (Å²) in [5, 5.41) is 15.8. The van der Waals surface area contributed by atoms with Crippen molar-refractivity contribution in [3.63, 3.8) is 0 Å². The molecular weight excluding hydrogens is 284 g/mol. The SMILES string of the molecule is O=C(O)CC1C(=O)NCCN1C(=O)NCc1cscn1. The van der Waals surface area contributed by atoms with Crippen LogP contribution in [-0.4, -0.2) is 52.0 Å². The van der Waals surface area contributed by atoms with Crippen molar-refractivity contribution in [1.29, 1.82) is 0 Å². The van der Waals surface area contributed by atoms with Gasteiger partial charge in [-0.1, -0.05) is 0 Å². The molecular formula is C11H14N4O4S. The largest absolute Gasteiger partial charge is 0.481 e. The van der Waals surface area contributed by atoms with E-state index in [9.17, 15) is 14.4 Å². The number of hydrogen-bond donors (Lipinski definition) is 3. The second-order valence-electron chi connectivity index (χ2n) is 4.24. The van der Waals surface area contributed by atoms with Crippen LogP contribution < -0.4 is 10.6 Å². The van der Waals surface area contributed by atoms with Crippen LogP contribution in [0.1, 0.15) is 12.1 Å². The Morgan fingerprint density at radius 1 is 1.60 bits per heavy atom. The molecule has 0 aliphatic carbocycles. The summed E-state index contributed by atoms with van der Waals surface area (Å²) in [4.78, 5) is 39.8. The molecule has 0 bridgehead atoms. The maximum atomic E-state index is 12.0. The van der Waals surface area contributed by atoms with Crippen molar-refractivity contribution >= 4 is 29.2 Å². The molecule has 1 unspecified atom stereocenters. The van der Waals surface area contributed by atoms with E-state index in [2.05, 4.69) is 15.6 Å². The molecule has 3 N–H and O–H groups in total. The number of piperazine rings is 1. The average Bonchev–Trinajstić information content (AvgIpc) is 2.91.